The van der Waals surface area contributed by atoms with Crippen LogP contribution in [0.15, 0.2) is 0 Å². The monoisotopic (exact) mass is 406 g/mol. The summed E-state index contributed by atoms with van der Waals surface area (Å²) in [5.41, 5.74) is 0. The fourth-order valence-electron chi connectivity index (χ4n) is 0. The van der Waals surface area contributed by atoms with Crippen molar-refractivity contribution < 1.29 is 131 Å². The van der Waals surface area contributed by atoms with Crippen molar-refractivity contribution in [2.75, 3.05) is 0 Å². The van der Waals surface area contributed by atoms with E-state index < -0.39 is 23.5 Å². The Labute approximate surface area is 153 Å². The molecule has 0 aromatic rings. The molecule has 107 valence electrons. The van der Waals surface area contributed by atoms with Crippen molar-refractivity contribution in [3.63, 3.8) is 0 Å². The van der Waals surface area contributed by atoms with Crippen molar-refractivity contribution in [3.8, 4) is 0 Å². The molecule has 0 aliphatic heterocycles. The standard InChI is InChI=1S/Fe.2Li.3H3O4P.V/c;;;3*1-5(2,3)4;/h;;;3*(H3,1,2,3,4);/q+2;2*+1;;;;/p-9. The summed E-state index contributed by atoms with van der Waals surface area (Å²) in [6.45, 7) is 0. The molecule has 19 heteroatoms. The summed E-state index contributed by atoms with van der Waals surface area (Å²) in [6, 6.07) is 0. The molecule has 0 aliphatic carbocycles. The maximum absolute atomic E-state index is 8.55. The van der Waals surface area contributed by atoms with E-state index in [4.69, 9.17) is 57.7 Å². The van der Waals surface area contributed by atoms with Crippen LogP contribution in [0.2, 0.25) is 0 Å². The van der Waals surface area contributed by atoms with E-state index in [9.17, 15) is 0 Å². The molecular weight excluding hydrogens is 406 g/mol. The zero-order chi connectivity index (χ0) is 13.5. The zero-order valence-electron chi connectivity index (χ0n) is 9.04. The first-order valence-electron chi connectivity index (χ1n) is 2.19. The van der Waals surface area contributed by atoms with Crippen LogP contribution in [0.1, 0.15) is 0 Å². The zero-order valence-corrected chi connectivity index (χ0v) is 14.2. The van der Waals surface area contributed by atoms with Crippen molar-refractivity contribution >= 4 is 23.5 Å². The molecule has 0 fully saturated rings. The SMILES string of the molecule is O=P([O-])([O-])[O-].O=P([O-])([O-])[O-].O=P([O-])([O-])[O-].[Fe+2].[Li+].[Li+].[V]. The number of phosphoric acid groups is 3. The van der Waals surface area contributed by atoms with Gasteiger partial charge in [0.15, 0.2) is 0 Å². The summed E-state index contributed by atoms with van der Waals surface area (Å²) in [5, 5.41) is 0. The fourth-order valence-corrected chi connectivity index (χ4v) is 0. The summed E-state index contributed by atoms with van der Waals surface area (Å²) in [4.78, 5) is 76.9. The maximum Gasteiger partial charge on any atom is 2.00 e. The van der Waals surface area contributed by atoms with Gasteiger partial charge in [0.2, 0.25) is 0 Å². The van der Waals surface area contributed by atoms with Crippen LogP contribution < -0.4 is 81.8 Å². The van der Waals surface area contributed by atoms with Gasteiger partial charge in [-0.25, -0.2) is 0 Å². The molecule has 19 heavy (non-hydrogen) atoms. The Morgan fingerprint density at radius 1 is 0.474 bits per heavy atom. The molecular formula is FeLi2O12P3V-5. The van der Waals surface area contributed by atoms with E-state index in [1.54, 1.807) is 0 Å². The number of rotatable bonds is 0. The largest absolute Gasteiger partial charge is 2.00 e. The summed E-state index contributed by atoms with van der Waals surface area (Å²) in [5.74, 6) is 0. The Kier molecular flexibility index (Phi) is 42.3. The molecule has 0 spiro atoms. The van der Waals surface area contributed by atoms with E-state index in [0.29, 0.717) is 0 Å². The van der Waals surface area contributed by atoms with Gasteiger partial charge in [0.25, 0.3) is 0 Å². The minimum Gasteiger partial charge on any atom is -0.822 e. The Hall–Kier alpha value is 2.63. The normalized spacial score (nSPS) is 9.32. The predicted molar refractivity (Wildman–Crippen MR) is 22.8 cm³/mol. The van der Waals surface area contributed by atoms with Gasteiger partial charge in [-0.1, -0.05) is 0 Å². The molecule has 0 saturated carbocycles. The van der Waals surface area contributed by atoms with E-state index in [2.05, 4.69) is 0 Å². The third-order valence-corrected chi connectivity index (χ3v) is 0. The second-order valence-corrected chi connectivity index (χ2v) is 4.02. The van der Waals surface area contributed by atoms with E-state index in [-0.39, 0.29) is 73.3 Å². The smallest absolute Gasteiger partial charge is 0.822 e. The van der Waals surface area contributed by atoms with Crippen molar-refractivity contribution in [2.24, 2.45) is 0 Å². The third-order valence-electron chi connectivity index (χ3n) is 0. The number of hydrogen-bond donors (Lipinski definition) is 0. The van der Waals surface area contributed by atoms with Gasteiger partial charge in [-0.15, -0.1) is 0 Å². The van der Waals surface area contributed by atoms with Crippen LogP contribution in [0.4, 0.5) is 0 Å². The van der Waals surface area contributed by atoms with Gasteiger partial charge >= 0.3 is 54.8 Å². The van der Waals surface area contributed by atoms with E-state index in [1.165, 1.54) is 0 Å². The molecule has 0 aromatic carbocycles. The summed E-state index contributed by atoms with van der Waals surface area (Å²) < 4.78 is 25.6. The van der Waals surface area contributed by atoms with Crippen LogP contribution in [0.5, 0.6) is 0 Å². The average Bonchev–Trinajstić information content (AvgIpc) is 1.41. The van der Waals surface area contributed by atoms with Gasteiger partial charge in [-0.3, -0.25) is 0 Å². The quantitative estimate of drug-likeness (QED) is 0.268. The Balaban J connectivity index is -0.0000000206. The Bertz CT molecular complexity index is 217. The first-order chi connectivity index (χ1) is 6.00. The molecule has 0 bridgehead atoms. The molecule has 0 N–H and O–H groups in total. The molecule has 0 amide bonds. The summed E-state index contributed by atoms with van der Waals surface area (Å²) >= 11 is 0. The van der Waals surface area contributed by atoms with Crippen LogP contribution >= 0.6 is 23.5 Å². The number of hydrogen-bond acceptors (Lipinski definition) is 12. The van der Waals surface area contributed by atoms with Crippen LogP contribution in [0.3, 0.4) is 0 Å². The van der Waals surface area contributed by atoms with Crippen LogP contribution in [-0.2, 0) is 49.3 Å². The van der Waals surface area contributed by atoms with Gasteiger partial charge < -0.3 is 57.7 Å². The molecule has 0 aliphatic rings. The molecule has 0 rings (SSSR count). The van der Waals surface area contributed by atoms with Crippen molar-refractivity contribution in [1.82, 2.24) is 0 Å². The van der Waals surface area contributed by atoms with Crippen LogP contribution in [0.25, 0.3) is 0 Å². The van der Waals surface area contributed by atoms with Crippen molar-refractivity contribution in [1.29, 1.82) is 0 Å². The van der Waals surface area contributed by atoms with Gasteiger partial charge in [0.05, 0.1) is 0 Å². The molecule has 0 aromatic heterocycles. The Morgan fingerprint density at radius 2 is 0.474 bits per heavy atom. The van der Waals surface area contributed by atoms with Gasteiger partial charge in [-0.05, 0) is 0 Å². The van der Waals surface area contributed by atoms with Gasteiger partial charge in [0.1, 0.15) is 0 Å². The molecule has 0 heterocycles. The molecule has 0 atom stereocenters. The van der Waals surface area contributed by atoms with Gasteiger partial charge in [0, 0.05) is 18.6 Å². The van der Waals surface area contributed by atoms with E-state index in [1.807, 2.05) is 0 Å². The first-order valence-corrected chi connectivity index (χ1v) is 6.57. The summed E-state index contributed by atoms with van der Waals surface area (Å²) in [7, 11) is -16.2. The molecule has 1 radical (unpaired) electrons. The van der Waals surface area contributed by atoms with Crippen molar-refractivity contribution in [2.45, 2.75) is 0 Å². The maximum atomic E-state index is 8.55. The fraction of sp³-hybridized carbons (Fsp3) is 0. The van der Waals surface area contributed by atoms with E-state index in [0.717, 1.165) is 0 Å². The van der Waals surface area contributed by atoms with Crippen LogP contribution in [-0.4, -0.2) is 0 Å². The Morgan fingerprint density at radius 3 is 0.474 bits per heavy atom. The van der Waals surface area contributed by atoms with E-state index >= 15 is 0 Å². The van der Waals surface area contributed by atoms with Crippen molar-refractivity contribution in [3.05, 3.63) is 0 Å². The first kappa shape index (κ1) is 43.0. The predicted octanol–water partition coefficient (Wildman–Crippen LogP) is -14.5. The second-order valence-electron chi connectivity index (χ2n) is 1.34. The molecule has 12 nitrogen and oxygen atoms in total. The van der Waals surface area contributed by atoms with Crippen LogP contribution in [0, 0.1) is 0 Å². The molecule has 0 saturated heterocycles. The minimum absolute atomic E-state index is 0. The molecule has 0 unspecified atom stereocenters. The average molecular weight is 406 g/mol. The third kappa shape index (κ3) is 1040. The minimum atomic E-state index is -5.39. The summed E-state index contributed by atoms with van der Waals surface area (Å²) in [6.07, 6.45) is 0. The topological polar surface area (TPSA) is 259 Å². The second kappa shape index (κ2) is 18.7. The van der Waals surface area contributed by atoms with Gasteiger partial charge in [-0.2, -0.15) is 23.5 Å².